The zero-order valence-electron chi connectivity index (χ0n) is 8.14. The largest absolute Gasteiger partial charge is 0.395 e. The minimum Gasteiger partial charge on any atom is -0.395 e. The van der Waals surface area contributed by atoms with E-state index in [1.807, 2.05) is 6.07 Å². The summed E-state index contributed by atoms with van der Waals surface area (Å²) in [5.41, 5.74) is 1.04. The summed E-state index contributed by atoms with van der Waals surface area (Å²) >= 11 is 3.37. The number of rotatable bonds is 5. The van der Waals surface area contributed by atoms with Crippen molar-refractivity contribution in [2.24, 2.45) is 0 Å². The van der Waals surface area contributed by atoms with E-state index in [9.17, 15) is 0 Å². The Balaban J connectivity index is 1.98. The van der Waals surface area contributed by atoms with Crippen molar-refractivity contribution in [1.29, 1.82) is 0 Å². The molecule has 2 aromatic heterocycles. The fourth-order valence-electron chi connectivity index (χ4n) is 1.20. The van der Waals surface area contributed by atoms with Gasteiger partial charge in [-0.05, 0) is 11.4 Å². The van der Waals surface area contributed by atoms with E-state index < -0.39 is 0 Å². The van der Waals surface area contributed by atoms with Gasteiger partial charge in [0, 0.05) is 18.5 Å². The first kappa shape index (κ1) is 10.8. The lowest BCUT2D eigenvalue weighted by Gasteiger charge is -1.97. The Bertz CT molecular complexity index is 397. The van der Waals surface area contributed by atoms with Crippen LogP contribution in [0.1, 0.15) is 5.69 Å². The molecule has 0 saturated heterocycles. The number of thiazole rings is 1. The molecule has 0 fully saturated rings. The van der Waals surface area contributed by atoms with E-state index in [2.05, 4.69) is 27.1 Å². The Hall–Kier alpha value is -0.750. The van der Waals surface area contributed by atoms with E-state index >= 15 is 0 Å². The Kier molecular flexibility index (Phi) is 3.85. The van der Waals surface area contributed by atoms with Crippen molar-refractivity contribution in [3.05, 3.63) is 28.6 Å². The van der Waals surface area contributed by atoms with Gasteiger partial charge in [-0.15, -0.1) is 22.7 Å². The van der Waals surface area contributed by atoms with Crippen LogP contribution in [-0.2, 0) is 6.54 Å². The molecule has 0 amide bonds. The highest BCUT2D eigenvalue weighted by molar-refractivity contribution is 7.20. The number of hydrogen-bond acceptors (Lipinski definition) is 5. The Morgan fingerprint density at radius 2 is 2.33 bits per heavy atom. The number of aromatic nitrogens is 1. The smallest absolute Gasteiger partial charge is 0.133 e. The number of thiophene rings is 1. The lowest BCUT2D eigenvalue weighted by molar-refractivity contribution is 0.292. The van der Waals surface area contributed by atoms with Crippen LogP contribution in [0, 0.1) is 0 Å². The van der Waals surface area contributed by atoms with Crippen LogP contribution in [-0.4, -0.2) is 23.2 Å². The average molecular weight is 240 g/mol. The Labute approximate surface area is 96.4 Å². The summed E-state index contributed by atoms with van der Waals surface area (Å²) in [7, 11) is 0. The van der Waals surface area contributed by atoms with Crippen LogP contribution in [0.3, 0.4) is 0 Å². The third-order valence-corrected chi connectivity index (χ3v) is 3.81. The number of nitrogens with one attached hydrogen (secondary N) is 1. The predicted octanol–water partition coefficient (Wildman–Crippen LogP) is 1.95. The molecule has 2 N–H and O–H groups in total. The van der Waals surface area contributed by atoms with Crippen molar-refractivity contribution in [2.75, 3.05) is 13.2 Å². The second-order valence-corrected chi connectivity index (χ2v) is 4.83. The van der Waals surface area contributed by atoms with Crippen molar-refractivity contribution in [1.82, 2.24) is 10.3 Å². The molecule has 2 heterocycles. The first-order valence-corrected chi connectivity index (χ1v) is 6.46. The molecule has 0 aliphatic carbocycles. The molecule has 5 heteroatoms. The van der Waals surface area contributed by atoms with Crippen LogP contribution in [0.15, 0.2) is 22.9 Å². The van der Waals surface area contributed by atoms with Gasteiger partial charge >= 0.3 is 0 Å². The van der Waals surface area contributed by atoms with E-state index in [-0.39, 0.29) is 6.61 Å². The first-order chi connectivity index (χ1) is 7.40. The van der Waals surface area contributed by atoms with Gasteiger partial charge in [-0.3, -0.25) is 0 Å². The van der Waals surface area contributed by atoms with Gasteiger partial charge in [0.2, 0.25) is 0 Å². The second kappa shape index (κ2) is 5.37. The SMILES string of the molecule is OCCNCc1csc(-c2cccs2)n1. The van der Waals surface area contributed by atoms with Gasteiger partial charge in [0.1, 0.15) is 5.01 Å². The first-order valence-electron chi connectivity index (χ1n) is 4.70. The molecule has 0 saturated carbocycles. The molecule has 2 aromatic rings. The molecule has 0 aliphatic rings. The van der Waals surface area contributed by atoms with Crippen LogP contribution < -0.4 is 5.32 Å². The van der Waals surface area contributed by atoms with Gasteiger partial charge in [0.05, 0.1) is 17.2 Å². The summed E-state index contributed by atoms with van der Waals surface area (Å²) in [6.45, 7) is 1.51. The molecule has 15 heavy (non-hydrogen) atoms. The molecule has 0 spiro atoms. The maximum atomic E-state index is 8.62. The van der Waals surface area contributed by atoms with Gasteiger partial charge in [-0.25, -0.2) is 4.98 Å². The quantitative estimate of drug-likeness (QED) is 0.785. The van der Waals surface area contributed by atoms with Crippen LogP contribution >= 0.6 is 22.7 Å². The molecule has 0 radical (unpaired) electrons. The lowest BCUT2D eigenvalue weighted by atomic mass is 10.4. The third-order valence-electron chi connectivity index (χ3n) is 1.88. The average Bonchev–Trinajstić information content (AvgIpc) is 2.87. The van der Waals surface area contributed by atoms with Gasteiger partial charge in [-0.1, -0.05) is 6.07 Å². The van der Waals surface area contributed by atoms with Crippen molar-refractivity contribution in [3.8, 4) is 9.88 Å². The maximum Gasteiger partial charge on any atom is 0.133 e. The van der Waals surface area contributed by atoms with Crippen molar-refractivity contribution < 1.29 is 5.11 Å². The van der Waals surface area contributed by atoms with Crippen LogP contribution in [0.2, 0.25) is 0 Å². The minimum atomic E-state index is 0.169. The normalized spacial score (nSPS) is 10.7. The van der Waals surface area contributed by atoms with Crippen molar-refractivity contribution in [3.63, 3.8) is 0 Å². The van der Waals surface area contributed by atoms with Crippen LogP contribution in [0.4, 0.5) is 0 Å². The van der Waals surface area contributed by atoms with Gasteiger partial charge in [0.15, 0.2) is 0 Å². The summed E-state index contributed by atoms with van der Waals surface area (Å²) in [5, 5.41) is 16.9. The molecule has 0 unspecified atom stereocenters. The highest BCUT2D eigenvalue weighted by Crippen LogP contribution is 2.27. The summed E-state index contributed by atoms with van der Waals surface area (Å²) in [4.78, 5) is 5.73. The molecular formula is C10H12N2OS2. The van der Waals surface area contributed by atoms with E-state index in [0.717, 1.165) is 17.2 Å². The Morgan fingerprint density at radius 1 is 1.40 bits per heavy atom. The molecule has 80 valence electrons. The van der Waals surface area contributed by atoms with Crippen LogP contribution in [0.25, 0.3) is 9.88 Å². The standard InChI is InChI=1S/C10H12N2OS2/c13-4-3-11-6-8-7-15-10(12-8)9-2-1-5-14-9/h1-2,5,7,11,13H,3-4,6H2. The molecule has 3 nitrogen and oxygen atoms in total. The highest BCUT2D eigenvalue weighted by Gasteiger charge is 2.04. The minimum absolute atomic E-state index is 0.169. The molecule has 0 bridgehead atoms. The van der Waals surface area contributed by atoms with E-state index in [1.54, 1.807) is 22.7 Å². The molecule has 0 atom stereocenters. The number of aliphatic hydroxyl groups excluding tert-OH is 1. The number of aliphatic hydroxyl groups is 1. The molecule has 2 rings (SSSR count). The molecular weight excluding hydrogens is 228 g/mol. The summed E-state index contributed by atoms with van der Waals surface area (Å²) < 4.78 is 0. The molecule has 0 aliphatic heterocycles. The third kappa shape index (κ3) is 2.85. The topological polar surface area (TPSA) is 45.1 Å². The summed E-state index contributed by atoms with van der Waals surface area (Å²) in [6, 6.07) is 4.11. The number of nitrogens with zero attached hydrogens (tertiary/aromatic N) is 1. The van der Waals surface area contributed by atoms with Crippen LogP contribution in [0.5, 0.6) is 0 Å². The maximum absolute atomic E-state index is 8.62. The fourth-order valence-corrected chi connectivity index (χ4v) is 2.83. The summed E-state index contributed by atoms with van der Waals surface area (Å²) in [6.07, 6.45) is 0. The monoisotopic (exact) mass is 240 g/mol. The zero-order chi connectivity index (χ0) is 10.5. The van der Waals surface area contributed by atoms with Crippen molar-refractivity contribution in [2.45, 2.75) is 6.54 Å². The zero-order valence-corrected chi connectivity index (χ0v) is 9.77. The summed E-state index contributed by atoms with van der Waals surface area (Å²) in [5.74, 6) is 0. The van der Waals surface area contributed by atoms with Gasteiger partial charge in [-0.2, -0.15) is 0 Å². The lowest BCUT2D eigenvalue weighted by Crippen LogP contribution is -2.17. The highest BCUT2D eigenvalue weighted by atomic mass is 32.1. The van der Waals surface area contributed by atoms with Gasteiger partial charge < -0.3 is 10.4 Å². The van der Waals surface area contributed by atoms with E-state index in [0.29, 0.717) is 6.54 Å². The van der Waals surface area contributed by atoms with E-state index in [1.165, 1.54) is 4.88 Å². The predicted molar refractivity (Wildman–Crippen MR) is 64.2 cm³/mol. The van der Waals surface area contributed by atoms with Crippen molar-refractivity contribution >= 4 is 22.7 Å². The Morgan fingerprint density at radius 3 is 3.07 bits per heavy atom. The number of hydrogen-bond donors (Lipinski definition) is 2. The van der Waals surface area contributed by atoms with Gasteiger partial charge in [0.25, 0.3) is 0 Å². The fraction of sp³-hybridized carbons (Fsp3) is 0.300. The van der Waals surface area contributed by atoms with E-state index in [4.69, 9.17) is 5.11 Å². The molecule has 0 aromatic carbocycles. The second-order valence-electron chi connectivity index (χ2n) is 3.02.